The third-order valence-corrected chi connectivity index (χ3v) is 6.15. The van der Waals surface area contributed by atoms with Crippen molar-refractivity contribution in [3.8, 4) is 0 Å². The van der Waals surface area contributed by atoms with Gasteiger partial charge in [0.15, 0.2) is 0 Å². The Hall–Kier alpha value is -1.28. The Morgan fingerprint density at radius 3 is 2.33 bits per heavy atom. The summed E-state index contributed by atoms with van der Waals surface area (Å²) in [6.45, 7) is 8.35. The minimum Gasteiger partial charge on any atom is -0.399 e. The van der Waals surface area contributed by atoms with E-state index in [9.17, 15) is 4.79 Å². The summed E-state index contributed by atoms with van der Waals surface area (Å²) in [4.78, 5) is 13.4. The van der Waals surface area contributed by atoms with Crippen LogP contribution in [0, 0.1) is 0 Å². The lowest BCUT2D eigenvalue weighted by Gasteiger charge is -2.32. The third kappa shape index (κ3) is 3.58. The van der Waals surface area contributed by atoms with Crippen LogP contribution in [-0.4, -0.2) is 53.0 Å². The summed E-state index contributed by atoms with van der Waals surface area (Å²) in [6.07, 6.45) is 0.308. The lowest BCUT2D eigenvalue weighted by molar-refractivity contribution is -0.128. The van der Waals surface area contributed by atoms with Gasteiger partial charge in [0.05, 0.1) is 33.7 Å². The van der Waals surface area contributed by atoms with Crippen LogP contribution in [0.1, 0.15) is 34.1 Å². The second-order valence-electron chi connectivity index (χ2n) is 8.00. The van der Waals surface area contributed by atoms with E-state index in [4.69, 9.17) is 32.5 Å². The summed E-state index contributed by atoms with van der Waals surface area (Å²) < 4.78 is 13.8. The number of rotatable bonds is 4. The third-order valence-electron chi connectivity index (χ3n) is 5.35. The van der Waals surface area contributed by atoms with Crippen molar-refractivity contribution in [3.05, 3.63) is 22.3 Å². The lowest BCUT2D eigenvalue weighted by atomic mass is 9.78. The molecule has 0 aliphatic carbocycles. The van der Waals surface area contributed by atoms with Crippen LogP contribution in [-0.2, 0) is 20.6 Å². The SMILES string of the molecule is CN(C)C(=O)CCn1nc2ccc(B3OC(C)(C)C(C)(C)O3)c(Cl)c2c1Cl. The molecule has 1 aromatic heterocycles. The Balaban J connectivity index is 1.94. The molecule has 1 amide bonds. The highest BCUT2D eigenvalue weighted by Crippen LogP contribution is 2.38. The maximum atomic E-state index is 11.8. The zero-order valence-electron chi connectivity index (χ0n) is 16.5. The number of carbonyl (C=O) groups excluding carboxylic acids is 1. The van der Waals surface area contributed by atoms with Crippen LogP contribution in [0.3, 0.4) is 0 Å². The molecule has 27 heavy (non-hydrogen) atoms. The number of hydrogen-bond acceptors (Lipinski definition) is 4. The van der Waals surface area contributed by atoms with Crippen molar-refractivity contribution in [2.24, 2.45) is 0 Å². The molecular weight excluding hydrogens is 388 g/mol. The molecule has 2 aromatic rings. The van der Waals surface area contributed by atoms with Crippen molar-refractivity contribution >= 4 is 52.6 Å². The first-order valence-corrected chi connectivity index (χ1v) is 9.60. The fourth-order valence-corrected chi connectivity index (χ4v) is 3.59. The summed E-state index contributed by atoms with van der Waals surface area (Å²) in [6, 6.07) is 3.70. The largest absolute Gasteiger partial charge is 0.496 e. The first-order chi connectivity index (χ1) is 12.4. The zero-order chi connectivity index (χ0) is 20.1. The highest BCUT2D eigenvalue weighted by atomic mass is 35.5. The molecule has 0 unspecified atom stereocenters. The van der Waals surface area contributed by atoms with E-state index in [2.05, 4.69) is 5.10 Å². The number of nitrogens with zero attached hydrogens (tertiary/aromatic N) is 3. The van der Waals surface area contributed by atoms with Gasteiger partial charge in [0.1, 0.15) is 5.15 Å². The number of halogens is 2. The Bertz CT molecular complexity index is 880. The molecule has 0 bridgehead atoms. The summed E-state index contributed by atoms with van der Waals surface area (Å²) >= 11 is 13.2. The highest BCUT2D eigenvalue weighted by molar-refractivity contribution is 6.67. The fourth-order valence-electron chi connectivity index (χ4n) is 2.89. The molecule has 0 saturated carbocycles. The second-order valence-corrected chi connectivity index (χ2v) is 8.74. The molecule has 1 aliphatic heterocycles. The average molecular weight is 412 g/mol. The van der Waals surface area contributed by atoms with Crippen molar-refractivity contribution in [2.45, 2.75) is 51.9 Å². The van der Waals surface area contributed by atoms with Gasteiger partial charge in [-0.05, 0) is 33.8 Å². The molecule has 2 heterocycles. The second kappa shape index (κ2) is 6.96. The normalized spacial score (nSPS) is 18.3. The maximum Gasteiger partial charge on any atom is 0.496 e. The number of benzene rings is 1. The predicted octanol–water partition coefficient (Wildman–Crippen LogP) is 3.12. The van der Waals surface area contributed by atoms with Gasteiger partial charge in [0, 0.05) is 26.0 Å². The summed E-state index contributed by atoms with van der Waals surface area (Å²) in [5.41, 5.74) is 0.462. The lowest BCUT2D eigenvalue weighted by Crippen LogP contribution is -2.41. The Labute approximate surface area is 169 Å². The van der Waals surface area contributed by atoms with Gasteiger partial charge in [-0.3, -0.25) is 9.48 Å². The quantitative estimate of drug-likeness (QED) is 0.725. The summed E-state index contributed by atoms with van der Waals surface area (Å²) in [5, 5.41) is 5.98. The van der Waals surface area contributed by atoms with Crippen LogP contribution in [0.2, 0.25) is 10.2 Å². The van der Waals surface area contributed by atoms with Crippen LogP contribution in [0.25, 0.3) is 10.9 Å². The number of aryl methyl sites for hydroxylation is 1. The number of aromatic nitrogens is 2. The van der Waals surface area contributed by atoms with E-state index in [-0.39, 0.29) is 5.91 Å². The summed E-state index contributed by atoms with van der Waals surface area (Å²) in [7, 11) is 2.86. The van der Waals surface area contributed by atoms with Crippen molar-refractivity contribution in [1.29, 1.82) is 0 Å². The van der Waals surface area contributed by atoms with Crippen molar-refractivity contribution in [3.63, 3.8) is 0 Å². The minimum atomic E-state index is -0.582. The molecule has 1 aliphatic rings. The molecule has 1 saturated heterocycles. The van der Waals surface area contributed by atoms with E-state index in [0.29, 0.717) is 39.5 Å². The number of amides is 1. The molecule has 9 heteroatoms. The smallest absolute Gasteiger partial charge is 0.399 e. The summed E-state index contributed by atoms with van der Waals surface area (Å²) in [5.74, 6) is 0.00891. The molecule has 1 aromatic carbocycles. The number of fused-ring (bicyclic) bond motifs is 1. The molecule has 0 radical (unpaired) electrons. The maximum absolute atomic E-state index is 11.8. The van der Waals surface area contributed by atoms with Crippen LogP contribution < -0.4 is 5.46 Å². The standard InChI is InChI=1S/C18H24BCl2N3O3/c1-17(2)18(3,4)27-19(26-17)11-7-8-12-14(15(11)20)16(21)24(22-12)10-9-13(25)23(5)6/h7-8H,9-10H2,1-6H3. The molecule has 6 nitrogen and oxygen atoms in total. The van der Waals surface area contributed by atoms with Crippen LogP contribution in [0.15, 0.2) is 12.1 Å². The van der Waals surface area contributed by atoms with Gasteiger partial charge < -0.3 is 14.2 Å². The van der Waals surface area contributed by atoms with Crippen LogP contribution in [0.4, 0.5) is 0 Å². The first-order valence-electron chi connectivity index (χ1n) is 8.85. The molecule has 3 rings (SSSR count). The van der Waals surface area contributed by atoms with E-state index in [0.717, 1.165) is 0 Å². The Kier molecular flexibility index (Phi) is 5.27. The van der Waals surface area contributed by atoms with Crippen LogP contribution in [0.5, 0.6) is 0 Å². The van der Waals surface area contributed by atoms with Crippen molar-refractivity contribution in [2.75, 3.05) is 14.1 Å². The van der Waals surface area contributed by atoms with Gasteiger partial charge in [0.2, 0.25) is 5.91 Å². The van der Waals surface area contributed by atoms with Gasteiger partial charge in [-0.1, -0.05) is 29.3 Å². The van der Waals surface area contributed by atoms with Crippen molar-refractivity contribution < 1.29 is 14.1 Å². The van der Waals surface area contributed by atoms with E-state index in [1.807, 2.05) is 39.8 Å². The molecular formula is C18H24BCl2N3O3. The predicted molar refractivity (Wildman–Crippen MR) is 109 cm³/mol. The van der Waals surface area contributed by atoms with Crippen LogP contribution >= 0.6 is 23.2 Å². The van der Waals surface area contributed by atoms with E-state index in [1.165, 1.54) is 0 Å². The minimum absolute atomic E-state index is 0.00891. The van der Waals surface area contributed by atoms with Gasteiger partial charge in [-0.25, -0.2) is 0 Å². The topological polar surface area (TPSA) is 56.6 Å². The van der Waals surface area contributed by atoms with E-state index < -0.39 is 18.3 Å². The monoisotopic (exact) mass is 411 g/mol. The van der Waals surface area contributed by atoms with Crippen molar-refractivity contribution in [1.82, 2.24) is 14.7 Å². The van der Waals surface area contributed by atoms with E-state index >= 15 is 0 Å². The highest BCUT2D eigenvalue weighted by Gasteiger charge is 2.52. The fraction of sp³-hybridized carbons (Fsp3) is 0.556. The molecule has 0 N–H and O–H groups in total. The Morgan fingerprint density at radius 2 is 1.78 bits per heavy atom. The molecule has 0 spiro atoms. The molecule has 146 valence electrons. The Morgan fingerprint density at radius 1 is 1.19 bits per heavy atom. The first kappa shape index (κ1) is 20.5. The zero-order valence-corrected chi connectivity index (χ0v) is 18.0. The average Bonchev–Trinajstić information content (AvgIpc) is 2.98. The molecule has 0 atom stereocenters. The van der Waals surface area contributed by atoms with Gasteiger partial charge >= 0.3 is 7.12 Å². The number of hydrogen-bond donors (Lipinski definition) is 0. The van der Waals surface area contributed by atoms with Gasteiger partial charge in [0.25, 0.3) is 0 Å². The van der Waals surface area contributed by atoms with E-state index in [1.54, 1.807) is 23.7 Å². The molecule has 1 fully saturated rings. The van der Waals surface area contributed by atoms with Gasteiger partial charge in [-0.15, -0.1) is 0 Å². The number of carbonyl (C=O) groups is 1. The van der Waals surface area contributed by atoms with Gasteiger partial charge in [-0.2, -0.15) is 5.10 Å².